The van der Waals surface area contributed by atoms with Gasteiger partial charge in [0.25, 0.3) is 0 Å². The van der Waals surface area contributed by atoms with Gasteiger partial charge in [-0.25, -0.2) is 9.18 Å². The summed E-state index contributed by atoms with van der Waals surface area (Å²) >= 11 is 0. The number of hydrogen-bond acceptors (Lipinski definition) is 3. The normalized spacial score (nSPS) is 15.7. The number of aliphatic hydroxyl groups is 1. The summed E-state index contributed by atoms with van der Waals surface area (Å²) in [5, 5.41) is 16.8. The molecule has 0 bridgehead atoms. The Morgan fingerprint density at radius 1 is 1.25 bits per heavy atom. The average Bonchev–Trinajstić information content (AvgIpc) is 3.09. The second-order valence-corrected chi connectivity index (χ2v) is 8.57. The molecule has 7 heteroatoms. The summed E-state index contributed by atoms with van der Waals surface area (Å²) < 4.78 is 14.0. The lowest BCUT2D eigenvalue weighted by molar-refractivity contribution is 0.145. The number of hydrogen-bond donors (Lipinski definition) is 4. The predicted octanol–water partition coefficient (Wildman–Crippen LogP) is 4.18. The van der Waals surface area contributed by atoms with E-state index in [4.69, 9.17) is 0 Å². The number of carbonyl (C=O) groups excluding carboxylic acids is 1. The minimum absolute atomic E-state index is 0.278. The molecule has 0 saturated carbocycles. The molecule has 4 rings (SSSR count). The van der Waals surface area contributed by atoms with Crippen molar-refractivity contribution in [3.63, 3.8) is 0 Å². The number of amides is 2. The molecule has 1 aliphatic rings. The van der Waals surface area contributed by atoms with Crippen molar-refractivity contribution >= 4 is 22.6 Å². The van der Waals surface area contributed by atoms with Crippen molar-refractivity contribution in [2.75, 3.05) is 24.5 Å². The lowest BCUT2D eigenvalue weighted by atomic mass is 10.0. The van der Waals surface area contributed by atoms with Gasteiger partial charge in [-0.15, -0.1) is 0 Å². The van der Waals surface area contributed by atoms with Crippen LogP contribution in [0.25, 0.3) is 10.9 Å². The number of urea groups is 1. The van der Waals surface area contributed by atoms with Gasteiger partial charge in [0.05, 0.1) is 12.1 Å². The fourth-order valence-electron chi connectivity index (χ4n) is 4.55. The van der Waals surface area contributed by atoms with Crippen LogP contribution in [0.2, 0.25) is 0 Å². The molecule has 2 aromatic carbocycles. The number of H-pyrrole nitrogens is 1. The Bertz CT molecular complexity index is 1090. The average molecular weight is 439 g/mol. The first-order chi connectivity index (χ1) is 15.4. The smallest absolute Gasteiger partial charge is 0.315 e. The molecule has 1 unspecified atom stereocenters. The highest BCUT2D eigenvalue weighted by molar-refractivity contribution is 5.84. The van der Waals surface area contributed by atoms with Gasteiger partial charge in [0, 0.05) is 47.5 Å². The summed E-state index contributed by atoms with van der Waals surface area (Å²) in [6, 6.07) is 12.2. The van der Waals surface area contributed by atoms with Crippen LogP contribution in [0.15, 0.2) is 42.5 Å². The van der Waals surface area contributed by atoms with Gasteiger partial charge < -0.3 is 25.6 Å². The lowest BCUT2D eigenvalue weighted by Crippen LogP contribution is -2.40. The van der Waals surface area contributed by atoms with Crippen LogP contribution in [0.4, 0.5) is 14.9 Å². The molecule has 1 aliphatic heterocycles. The van der Waals surface area contributed by atoms with E-state index in [2.05, 4.69) is 26.6 Å². The molecule has 2 heterocycles. The number of para-hydroxylation sites is 1. The van der Waals surface area contributed by atoms with E-state index in [1.165, 1.54) is 23.1 Å². The van der Waals surface area contributed by atoms with Crippen molar-refractivity contribution in [2.24, 2.45) is 0 Å². The van der Waals surface area contributed by atoms with Gasteiger partial charge in [-0.05, 0) is 62.9 Å². The van der Waals surface area contributed by atoms with Crippen molar-refractivity contribution in [3.05, 3.63) is 65.1 Å². The van der Waals surface area contributed by atoms with E-state index in [9.17, 15) is 14.3 Å². The van der Waals surface area contributed by atoms with Gasteiger partial charge in [0.15, 0.2) is 0 Å². The van der Waals surface area contributed by atoms with Crippen LogP contribution >= 0.6 is 0 Å². The number of piperidine rings is 1. The summed E-state index contributed by atoms with van der Waals surface area (Å²) in [7, 11) is 0. The molecule has 0 spiro atoms. The maximum atomic E-state index is 14.0. The van der Waals surface area contributed by atoms with Crippen LogP contribution < -0.4 is 15.5 Å². The van der Waals surface area contributed by atoms with E-state index in [1.807, 2.05) is 32.0 Å². The quantitative estimate of drug-likeness (QED) is 0.466. The number of aromatic nitrogens is 1. The molecule has 0 aliphatic carbocycles. The van der Waals surface area contributed by atoms with Gasteiger partial charge in [-0.2, -0.15) is 0 Å². The molecule has 1 atom stereocenters. The van der Waals surface area contributed by atoms with E-state index >= 15 is 0 Å². The van der Waals surface area contributed by atoms with Gasteiger partial charge in [-0.3, -0.25) is 0 Å². The third-order valence-corrected chi connectivity index (χ3v) is 6.30. The number of nitrogens with one attached hydrogen (secondary N) is 3. The van der Waals surface area contributed by atoms with E-state index in [0.29, 0.717) is 32.5 Å². The second kappa shape index (κ2) is 9.61. The number of fused-ring (bicyclic) bond motifs is 1. The Morgan fingerprint density at radius 3 is 2.78 bits per heavy atom. The van der Waals surface area contributed by atoms with Crippen molar-refractivity contribution < 1.29 is 14.3 Å². The summed E-state index contributed by atoms with van der Waals surface area (Å²) in [6.07, 6.45) is 1.81. The Balaban J connectivity index is 1.37. The maximum Gasteiger partial charge on any atom is 0.315 e. The van der Waals surface area contributed by atoms with Gasteiger partial charge in [0.2, 0.25) is 0 Å². The topological polar surface area (TPSA) is 80.4 Å². The first kappa shape index (κ1) is 22.1. The van der Waals surface area contributed by atoms with Gasteiger partial charge in [0.1, 0.15) is 5.82 Å². The van der Waals surface area contributed by atoms with Gasteiger partial charge >= 0.3 is 6.03 Å². The van der Waals surface area contributed by atoms with Crippen molar-refractivity contribution in [1.82, 2.24) is 15.6 Å². The molecule has 1 fully saturated rings. The Labute approximate surface area is 187 Å². The van der Waals surface area contributed by atoms with Crippen molar-refractivity contribution in [2.45, 2.75) is 45.3 Å². The molecule has 1 saturated heterocycles. The predicted molar refractivity (Wildman–Crippen MR) is 126 cm³/mol. The number of rotatable bonds is 6. The molecule has 3 aromatic rings. The third kappa shape index (κ3) is 4.88. The number of anilines is 1. The van der Waals surface area contributed by atoms with Crippen LogP contribution in [0, 0.1) is 12.7 Å². The maximum absolute atomic E-state index is 14.0. The summed E-state index contributed by atoms with van der Waals surface area (Å²) in [5.41, 5.74) is 5.05. The zero-order valence-electron chi connectivity index (χ0n) is 18.6. The molecule has 2 amide bonds. The number of halogens is 1. The highest BCUT2D eigenvalue weighted by Gasteiger charge is 2.22. The molecule has 0 radical (unpaired) electrons. The number of nitrogens with zero attached hydrogens (tertiary/aromatic N) is 1. The van der Waals surface area contributed by atoms with Crippen molar-refractivity contribution in [3.8, 4) is 0 Å². The molecule has 6 nitrogen and oxygen atoms in total. The summed E-state index contributed by atoms with van der Waals surface area (Å²) in [4.78, 5) is 18.1. The largest absolute Gasteiger partial charge is 0.393 e. The summed E-state index contributed by atoms with van der Waals surface area (Å²) in [6.45, 7) is 5.83. The highest BCUT2D eigenvalue weighted by atomic mass is 19.1. The fraction of sp³-hybridized carbons (Fsp3) is 0.400. The van der Waals surface area contributed by atoms with E-state index < -0.39 is 0 Å². The number of aryl methyl sites for hydroxylation is 1. The first-order valence-corrected chi connectivity index (χ1v) is 11.3. The van der Waals surface area contributed by atoms with Crippen LogP contribution in [0.5, 0.6) is 0 Å². The lowest BCUT2D eigenvalue weighted by Gasteiger charge is -2.34. The Kier molecular flexibility index (Phi) is 6.65. The highest BCUT2D eigenvalue weighted by Crippen LogP contribution is 2.29. The third-order valence-electron chi connectivity index (χ3n) is 6.30. The zero-order chi connectivity index (χ0) is 22.7. The van der Waals surface area contributed by atoms with E-state index in [1.54, 1.807) is 6.07 Å². The van der Waals surface area contributed by atoms with Crippen LogP contribution in [0.3, 0.4) is 0 Å². The second-order valence-electron chi connectivity index (χ2n) is 8.57. The molecule has 32 heavy (non-hydrogen) atoms. The van der Waals surface area contributed by atoms with Crippen LogP contribution in [-0.4, -0.2) is 41.9 Å². The Hall–Kier alpha value is -3.06. The molecule has 170 valence electrons. The van der Waals surface area contributed by atoms with Gasteiger partial charge in [-0.1, -0.05) is 18.2 Å². The summed E-state index contributed by atoms with van der Waals surface area (Å²) in [5.74, 6) is -0.329. The number of aromatic amines is 1. The SMILES string of the molecule is Cc1[nH]c2ccccc2c1CCNC(=O)NC(C)c1cc(F)ccc1N1CCC(O)CC1. The zero-order valence-corrected chi connectivity index (χ0v) is 18.6. The first-order valence-electron chi connectivity index (χ1n) is 11.3. The monoisotopic (exact) mass is 438 g/mol. The number of carbonyl (C=O) groups is 1. The molecule has 1 aromatic heterocycles. The van der Waals surface area contributed by atoms with Crippen LogP contribution in [0.1, 0.15) is 42.6 Å². The number of benzene rings is 2. The Morgan fingerprint density at radius 2 is 2.00 bits per heavy atom. The number of aliphatic hydroxyl groups excluding tert-OH is 1. The van der Waals surface area contributed by atoms with E-state index in [0.717, 1.165) is 28.9 Å². The molecular weight excluding hydrogens is 407 g/mol. The van der Waals surface area contributed by atoms with Crippen molar-refractivity contribution in [1.29, 1.82) is 0 Å². The van der Waals surface area contributed by atoms with Crippen LogP contribution in [-0.2, 0) is 6.42 Å². The minimum atomic E-state index is -0.359. The standard InChI is InChI=1S/C25H31FN4O2/c1-16-20(21-5-3-4-6-23(21)28-16)9-12-27-25(32)29-17(2)22-15-18(26)7-8-24(22)30-13-10-19(31)11-14-30/h3-8,15,17,19,28,31H,9-14H2,1-2H3,(H2,27,29,32). The minimum Gasteiger partial charge on any atom is -0.393 e. The fourth-order valence-corrected chi connectivity index (χ4v) is 4.55. The molecule has 4 N–H and O–H groups in total. The van der Waals surface area contributed by atoms with E-state index in [-0.39, 0.29) is 24.0 Å². The molecular formula is C25H31FN4O2.